The number of nitrogens with two attached hydrogens (primary N) is 1. The van der Waals surface area contributed by atoms with Crippen molar-refractivity contribution in [2.75, 3.05) is 4.90 Å². The van der Waals surface area contributed by atoms with E-state index in [-0.39, 0.29) is 5.96 Å². The highest BCUT2D eigenvalue weighted by Gasteiger charge is 2.17. The van der Waals surface area contributed by atoms with Crippen molar-refractivity contribution in [2.45, 2.75) is 6.42 Å². The largest absolute Gasteiger partial charge is 0.478 e. The molecule has 0 aliphatic rings. The third-order valence-electron chi connectivity index (χ3n) is 3.65. The van der Waals surface area contributed by atoms with Crippen LogP contribution in [0, 0.1) is 5.41 Å². The van der Waals surface area contributed by atoms with Gasteiger partial charge in [-0.3, -0.25) is 10.3 Å². The lowest BCUT2D eigenvalue weighted by molar-refractivity contribution is -0.134. The Bertz CT molecular complexity index is 1000. The number of para-hydroxylation sites is 1. The Morgan fingerprint density at radius 3 is 2.23 bits per heavy atom. The molecule has 0 bridgehead atoms. The van der Waals surface area contributed by atoms with Crippen LogP contribution in [-0.2, 0) is 16.0 Å². The average molecular weight is 424 g/mol. The number of aliphatic carboxylic acids is 2. The molecule has 0 radical (unpaired) electrons. The maximum atomic E-state index is 9.55. The fourth-order valence-corrected chi connectivity index (χ4v) is 3.19. The van der Waals surface area contributed by atoms with Crippen LogP contribution in [0.4, 0.5) is 11.5 Å². The van der Waals surface area contributed by atoms with Gasteiger partial charge in [0.1, 0.15) is 5.82 Å². The number of carboxylic acid groups (broad SMARTS) is 2. The molecule has 8 nitrogen and oxygen atoms in total. The number of carbonyl (C=O) groups is 2. The van der Waals surface area contributed by atoms with Gasteiger partial charge in [0.25, 0.3) is 0 Å². The van der Waals surface area contributed by atoms with E-state index in [1.165, 1.54) is 4.88 Å². The molecule has 0 aliphatic heterocycles. The van der Waals surface area contributed by atoms with Gasteiger partial charge in [0.2, 0.25) is 0 Å². The number of aromatic nitrogens is 1. The van der Waals surface area contributed by atoms with E-state index in [9.17, 15) is 9.59 Å². The summed E-state index contributed by atoms with van der Waals surface area (Å²) in [5.74, 6) is -1.85. The van der Waals surface area contributed by atoms with Gasteiger partial charge >= 0.3 is 11.9 Å². The normalized spacial score (nSPS) is 10.1. The average Bonchev–Trinajstić information content (AvgIpc) is 3.22. The Morgan fingerprint density at radius 2 is 1.70 bits per heavy atom. The summed E-state index contributed by atoms with van der Waals surface area (Å²) in [6.07, 6.45) is 3.62. The Morgan fingerprint density at radius 1 is 1.03 bits per heavy atom. The molecule has 3 aromatic rings. The molecule has 0 spiro atoms. The monoisotopic (exact) mass is 424 g/mol. The van der Waals surface area contributed by atoms with Crippen LogP contribution in [0.1, 0.15) is 10.4 Å². The summed E-state index contributed by atoms with van der Waals surface area (Å²) in [5, 5.41) is 25.6. The maximum Gasteiger partial charge on any atom is 0.328 e. The zero-order chi connectivity index (χ0) is 21.9. The van der Waals surface area contributed by atoms with Gasteiger partial charge in [0.05, 0.1) is 5.69 Å². The van der Waals surface area contributed by atoms with E-state index in [1.54, 1.807) is 22.4 Å². The van der Waals surface area contributed by atoms with Gasteiger partial charge in [-0.1, -0.05) is 30.3 Å². The number of hydrogen-bond acceptors (Lipinski definition) is 5. The van der Waals surface area contributed by atoms with Gasteiger partial charge in [0, 0.05) is 35.2 Å². The fraction of sp³-hybridized carbons (Fsp3) is 0.0476. The van der Waals surface area contributed by atoms with Crippen molar-refractivity contribution in [3.8, 4) is 0 Å². The van der Waals surface area contributed by atoms with Crippen molar-refractivity contribution in [3.05, 3.63) is 88.8 Å². The Balaban J connectivity index is 0.000000343. The molecule has 0 fully saturated rings. The van der Waals surface area contributed by atoms with Gasteiger partial charge in [0.15, 0.2) is 5.96 Å². The van der Waals surface area contributed by atoms with E-state index in [2.05, 4.69) is 16.4 Å². The number of guanidine groups is 1. The van der Waals surface area contributed by atoms with E-state index < -0.39 is 11.9 Å². The molecule has 2 aromatic heterocycles. The minimum absolute atomic E-state index is 0.0441. The molecule has 5 N–H and O–H groups in total. The van der Waals surface area contributed by atoms with Crippen molar-refractivity contribution >= 4 is 40.7 Å². The first-order valence-corrected chi connectivity index (χ1v) is 9.56. The standard InChI is InChI=1S/C17H16N4S.C4H4O4/c18-17(19)21(14-7-2-1-3-8-14)16-13(6-4-10-20-16)12-15-9-5-11-22-15;5-3(6)1-2-4(7)8/h1-11H,12H2,(H3,18,19);1-2H,(H,5,6)(H,7,8)/b;2-1-. The predicted octanol–water partition coefficient (Wildman–Crippen LogP) is 3.48. The van der Waals surface area contributed by atoms with Crippen molar-refractivity contribution in [1.82, 2.24) is 4.98 Å². The van der Waals surface area contributed by atoms with Crippen LogP contribution in [0.3, 0.4) is 0 Å². The van der Waals surface area contributed by atoms with Crippen LogP contribution in [0.5, 0.6) is 0 Å². The molecule has 0 unspecified atom stereocenters. The van der Waals surface area contributed by atoms with Gasteiger partial charge < -0.3 is 15.9 Å². The minimum Gasteiger partial charge on any atom is -0.478 e. The van der Waals surface area contributed by atoms with E-state index in [1.807, 2.05) is 48.5 Å². The molecule has 9 heteroatoms. The maximum absolute atomic E-state index is 9.55. The molecule has 0 atom stereocenters. The van der Waals surface area contributed by atoms with Crippen LogP contribution >= 0.6 is 11.3 Å². The first-order valence-electron chi connectivity index (χ1n) is 8.68. The highest BCUT2D eigenvalue weighted by atomic mass is 32.1. The lowest BCUT2D eigenvalue weighted by Crippen LogP contribution is -2.33. The quantitative estimate of drug-likeness (QED) is 0.270. The van der Waals surface area contributed by atoms with Crippen LogP contribution in [0.2, 0.25) is 0 Å². The molecule has 0 saturated heterocycles. The third-order valence-corrected chi connectivity index (χ3v) is 4.52. The van der Waals surface area contributed by atoms with Crippen LogP contribution in [-0.4, -0.2) is 33.1 Å². The summed E-state index contributed by atoms with van der Waals surface area (Å²) in [7, 11) is 0. The van der Waals surface area contributed by atoms with Gasteiger partial charge in [-0.25, -0.2) is 14.6 Å². The number of hydrogen-bond donors (Lipinski definition) is 4. The van der Waals surface area contributed by atoms with E-state index in [0.29, 0.717) is 18.0 Å². The second-order valence-electron chi connectivity index (χ2n) is 5.81. The first kappa shape index (κ1) is 22.3. The Hall–Kier alpha value is -3.98. The number of nitrogens with zero attached hydrogens (tertiary/aromatic N) is 2. The number of anilines is 2. The molecule has 30 heavy (non-hydrogen) atoms. The Kier molecular flexibility index (Phi) is 8.27. The van der Waals surface area contributed by atoms with Crippen LogP contribution < -0.4 is 10.6 Å². The third kappa shape index (κ3) is 6.88. The lowest BCUT2D eigenvalue weighted by Gasteiger charge is -2.24. The van der Waals surface area contributed by atoms with E-state index in [0.717, 1.165) is 17.7 Å². The van der Waals surface area contributed by atoms with Crippen LogP contribution in [0.15, 0.2) is 78.3 Å². The smallest absolute Gasteiger partial charge is 0.328 e. The molecule has 3 rings (SSSR count). The molecule has 2 heterocycles. The molecule has 0 saturated carbocycles. The first-order chi connectivity index (χ1) is 14.4. The number of benzene rings is 1. The molecule has 1 aromatic carbocycles. The molecule has 154 valence electrons. The number of carboxylic acids is 2. The summed E-state index contributed by atoms with van der Waals surface area (Å²) in [6, 6.07) is 17.7. The van der Waals surface area contributed by atoms with Crippen molar-refractivity contribution < 1.29 is 19.8 Å². The van der Waals surface area contributed by atoms with Crippen molar-refractivity contribution in [2.24, 2.45) is 5.73 Å². The molecule has 0 aliphatic carbocycles. The van der Waals surface area contributed by atoms with Gasteiger partial charge in [-0.2, -0.15) is 0 Å². The summed E-state index contributed by atoms with van der Waals surface area (Å²) >= 11 is 1.71. The minimum atomic E-state index is -1.26. The van der Waals surface area contributed by atoms with Crippen molar-refractivity contribution in [3.63, 3.8) is 0 Å². The van der Waals surface area contributed by atoms with Crippen molar-refractivity contribution in [1.29, 1.82) is 5.41 Å². The fourth-order valence-electron chi connectivity index (χ4n) is 2.47. The second kappa shape index (κ2) is 11.1. The predicted molar refractivity (Wildman–Crippen MR) is 116 cm³/mol. The summed E-state index contributed by atoms with van der Waals surface area (Å²) in [6.45, 7) is 0. The summed E-state index contributed by atoms with van der Waals surface area (Å²) in [5.41, 5.74) is 7.69. The van der Waals surface area contributed by atoms with E-state index >= 15 is 0 Å². The zero-order valence-electron chi connectivity index (χ0n) is 15.8. The highest BCUT2D eigenvalue weighted by molar-refractivity contribution is 7.09. The van der Waals surface area contributed by atoms with Crippen LogP contribution in [0.25, 0.3) is 0 Å². The number of pyridine rings is 1. The molecular formula is C21H20N4O4S. The topological polar surface area (TPSA) is 141 Å². The molecule has 0 amide bonds. The Labute approximate surface area is 177 Å². The summed E-state index contributed by atoms with van der Waals surface area (Å²) < 4.78 is 0. The second-order valence-corrected chi connectivity index (χ2v) is 6.84. The zero-order valence-corrected chi connectivity index (χ0v) is 16.6. The number of thiophene rings is 1. The van der Waals surface area contributed by atoms with Gasteiger partial charge in [-0.15, -0.1) is 11.3 Å². The summed E-state index contributed by atoms with van der Waals surface area (Å²) in [4.78, 5) is 26.5. The molecular weight excluding hydrogens is 404 g/mol. The SMILES string of the molecule is N=C(N)N(c1ccccc1)c1ncccc1Cc1cccs1.O=C(O)/C=C\C(=O)O. The highest BCUT2D eigenvalue weighted by Crippen LogP contribution is 2.28. The lowest BCUT2D eigenvalue weighted by atomic mass is 10.1. The number of rotatable bonds is 6. The van der Waals surface area contributed by atoms with E-state index in [4.69, 9.17) is 21.4 Å². The van der Waals surface area contributed by atoms with Gasteiger partial charge in [-0.05, 0) is 29.6 Å². The number of nitrogens with one attached hydrogen (secondary N) is 1.